The number of nitrogens with one attached hydrogen (secondary N) is 1. The minimum Gasteiger partial charge on any atom is -0.342 e. The number of H-pyrrole nitrogens is 1. The second-order valence-electron chi connectivity index (χ2n) is 4.23. The van der Waals surface area contributed by atoms with Crippen molar-refractivity contribution < 1.29 is 9.32 Å². The van der Waals surface area contributed by atoms with E-state index in [4.69, 9.17) is 4.52 Å². The molecule has 0 radical (unpaired) electrons. The van der Waals surface area contributed by atoms with Gasteiger partial charge in [-0.1, -0.05) is 19.0 Å². The van der Waals surface area contributed by atoms with Crippen LogP contribution in [0, 0.1) is 5.92 Å². The van der Waals surface area contributed by atoms with Crippen molar-refractivity contribution in [1.82, 2.24) is 20.1 Å². The number of rotatable bonds is 4. The monoisotopic (exact) mass is 234 g/mol. The van der Waals surface area contributed by atoms with E-state index in [1.807, 2.05) is 13.8 Å². The topological polar surface area (TPSA) is 84.7 Å². The van der Waals surface area contributed by atoms with Crippen molar-refractivity contribution in [3.63, 3.8) is 0 Å². The van der Waals surface area contributed by atoms with Gasteiger partial charge in [-0.05, 0) is 12.8 Å². The van der Waals surface area contributed by atoms with Crippen LogP contribution >= 0.6 is 0 Å². The summed E-state index contributed by atoms with van der Waals surface area (Å²) in [5.41, 5.74) is 0. The first-order chi connectivity index (χ1) is 8.09. The van der Waals surface area contributed by atoms with Crippen LogP contribution in [0.4, 0.5) is 0 Å². The molecule has 0 aliphatic carbocycles. The molecule has 0 amide bonds. The van der Waals surface area contributed by atoms with Gasteiger partial charge in [0.1, 0.15) is 5.78 Å². The van der Waals surface area contributed by atoms with Crippen molar-refractivity contribution >= 4 is 5.78 Å². The van der Waals surface area contributed by atoms with Crippen LogP contribution in [0.5, 0.6) is 0 Å². The fourth-order valence-electron chi connectivity index (χ4n) is 1.77. The molecular weight excluding hydrogens is 220 g/mol. The van der Waals surface area contributed by atoms with E-state index >= 15 is 0 Å². The normalized spacial score (nSPS) is 12.9. The highest BCUT2D eigenvalue weighted by atomic mass is 16.5. The van der Waals surface area contributed by atoms with E-state index in [1.165, 1.54) is 6.92 Å². The van der Waals surface area contributed by atoms with Gasteiger partial charge in [0.05, 0.1) is 5.92 Å². The highest BCUT2D eigenvalue weighted by molar-refractivity contribution is 5.82. The quantitative estimate of drug-likeness (QED) is 0.871. The van der Waals surface area contributed by atoms with Crippen molar-refractivity contribution in [3.8, 4) is 11.6 Å². The second-order valence-corrected chi connectivity index (χ2v) is 4.23. The Morgan fingerprint density at radius 2 is 2.24 bits per heavy atom. The van der Waals surface area contributed by atoms with E-state index in [1.54, 1.807) is 12.4 Å². The van der Waals surface area contributed by atoms with Crippen LogP contribution in [0.2, 0.25) is 0 Å². The number of aromatic nitrogens is 4. The minimum atomic E-state index is -0.355. The first kappa shape index (κ1) is 11.5. The summed E-state index contributed by atoms with van der Waals surface area (Å²) in [4.78, 5) is 22.6. The molecule has 0 aliphatic rings. The molecule has 0 saturated heterocycles. The molecule has 2 heterocycles. The van der Waals surface area contributed by atoms with Crippen molar-refractivity contribution in [1.29, 1.82) is 0 Å². The van der Waals surface area contributed by atoms with E-state index in [2.05, 4.69) is 20.1 Å². The van der Waals surface area contributed by atoms with Crippen LogP contribution in [0.25, 0.3) is 11.6 Å². The zero-order chi connectivity index (χ0) is 12.4. The van der Waals surface area contributed by atoms with Crippen LogP contribution in [0.15, 0.2) is 16.9 Å². The lowest BCUT2D eigenvalue weighted by molar-refractivity contribution is -0.119. The lowest BCUT2D eigenvalue weighted by Crippen LogP contribution is -2.15. The highest BCUT2D eigenvalue weighted by Gasteiger charge is 2.27. The molecule has 0 fully saturated rings. The number of carbonyl (C=O) groups excluding carboxylic acids is 1. The second kappa shape index (κ2) is 4.48. The molecule has 1 N–H and O–H groups in total. The van der Waals surface area contributed by atoms with E-state index in [9.17, 15) is 4.79 Å². The SMILES string of the molecule is CC(=O)C(c1nc(-c2ncc[nH]2)no1)C(C)C. The van der Waals surface area contributed by atoms with Gasteiger partial charge in [0.15, 0.2) is 5.82 Å². The fourth-order valence-corrected chi connectivity index (χ4v) is 1.77. The van der Waals surface area contributed by atoms with Crippen LogP contribution in [-0.4, -0.2) is 25.9 Å². The smallest absolute Gasteiger partial charge is 0.238 e. The highest BCUT2D eigenvalue weighted by Crippen LogP contribution is 2.25. The summed E-state index contributed by atoms with van der Waals surface area (Å²) in [6, 6.07) is 0. The number of hydrogen-bond acceptors (Lipinski definition) is 5. The summed E-state index contributed by atoms with van der Waals surface area (Å²) < 4.78 is 5.13. The van der Waals surface area contributed by atoms with Gasteiger partial charge in [0.25, 0.3) is 0 Å². The van der Waals surface area contributed by atoms with Crippen molar-refractivity contribution in [3.05, 3.63) is 18.3 Å². The third kappa shape index (κ3) is 2.25. The van der Waals surface area contributed by atoms with Gasteiger partial charge >= 0.3 is 0 Å². The standard InChI is InChI=1S/C11H14N4O2/c1-6(2)8(7(3)16)11-14-10(15-17-11)9-12-4-5-13-9/h4-6,8H,1-3H3,(H,12,13). The van der Waals surface area contributed by atoms with Gasteiger partial charge in [-0.15, -0.1) is 0 Å². The Bertz CT molecular complexity index is 501. The Labute approximate surface area is 98.5 Å². The molecule has 90 valence electrons. The molecule has 1 atom stereocenters. The maximum atomic E-state index is 11.5. The largest absolute Gasteiger partial charge is 0.342 e. The lowest BCUT2D eigenvalue weighted by atomic mass is 9.92. The summed E-state index contributed by atoms with van der Waals surface area (Å²) >= 11 is 0. The molecule has 6 heteroatoms. The predicted molar refractivity (Wildman–Crippen MR) is 60.1 cm³/mol. The summed E-state index contributed by atoms with van der Waals surface area (Å²) in [6.07, 6.45) is 3.28. The predicted octanol–water partition coefficient (Wildman–Crippen LogP) is 1.79. The van der Waals surface area contributed by atoms with Gasteiger partial charge in [0.2, 0.25) is 11.7 Å². The fraction of sp³-hybridized carbons (Fsp3) is 0.455. The first-order valence-corrected chi connectivity index (χ1v) is 5.43. The Morgan fingerprint density at radius 3 is 2.76 bits per heavy atom. The molecule has 1 unspecified atom stereocenters. The molecule has 0 aliphatic heterocycles. The maximum absolute atomic E-state index is 11.5. The first-order valence-electron chi connectivity index (χ1n) is 5.43. The maximum Gasteiger partial charge on any atom is 0.238 e. The number of aromatic amines is 1. The summed E-state index contributed by atoms with van der Waals surface area (Å²) in [5, 5.41) is 3.81. The Balaban J connectivity index is 2.31. The molecule has 0 saturated carbocycles. The molecule has 2 rings (SSSR count). The van der Waals surface area contributed by atoms with Gasteiger partial charge < -0.3 is 9.51 Å². The average Bonchev–Trinajstić information content (AvgIpc) is 2.83. The number of Topliss-reactive ketones (excluding diaryl/α,β-unsaturated/α-hetero) is 1. The summed E-state index contributed by atoms with van der Waals surface area (Å²) in [5.74, 6) is 1.04. The van der Waals surface area contributed by atoms with E-state index in [-0.39, 0.29) is 17.6 Å². The zero-order valence-electron chi connectivity index (χ0n) is 9.97. The molecular formula is C11H14N4O2. The summed E-state index contributed by atoms with van der Waals surface area (Å²) in [7, 11) is 0. The Morgan fingerprint density at radius 1 is 1.47 bits per heavy atom. The van der Waals surface area contributed by atoms with Crippen molar-refractivity contribution in [2.45, 2.75) is 26.7 Å². The van der Waals surface area contributed by atoms with E-state index in [0.717, 1.165) is 0 Å². The molecule has 0 aromatic carbocycles. The zero-order valence-corrected chi connectivity index (χ0v) is 9.97. The third-order valence-electron chi connectivity index (χ3n) is 2.52. The van der Waals surface area contributed by atoms with E-state index in [0.29, 0.717) is 17.5 Å². The Hall–Kier alpha value is -1.98. The third-order valence-corrected chi connectivity index (χ3v) is 2.52. The lowest BCUT2D eigenvalue weighted by Gasteiger charge is -2.12. The van der Waals surface area contributed by atoms with E-state index < -0.39 is 0 Å². The molecule has 2 aromatic rings. The van der Waals surface area contributed by atoms with Crippen molar-refractivity contribution in [2.75, 3.05) is 0 Å². The van der Waals surface area contributed by atoms with Gasteiger partial charge in [-0.25, -0.2) is 4.98 Å². The molecule has 0 spiro atoms. The Kier molecular flexibility index (Phi) is 3.03. The van der Waals surface area contributed by atoms with Gasteiger partial charge in [-0.2, -0.15) is 4.98 Å². The number of hydrogen-bond donors (Lipinski definition) is 1. The van der Waals surface area contributed by atoms with Crippen LogP contribution in [0.1, 0.15) is 32.6 Å². The van der Waals surface area contributed by atoms with Gasteiger partial charge in [-0.3, -0.25) is 4.79 Å². The van der Waals surface area contributed by atoms with Crippen LogP contribution < -0.4 is 0 Å². The molecule has 6 nitrogen and oxygen atoms in total. The molecule has 17 heavy (non-hydrogen) atoms. The van der Waals surface area contributed by atoms with Crippen LogP contribution in [0.3, 0.4) is 0 Å². The number of imidazole rings is 1. The summed E-state index contributed by atoms with van der Waals surface area (Å²) in [6.45, 7) is 5.42. The minimum absolute atomic E-state index is 0.0228. The molecule has 2 aromatic heterocycles. The number of nitrogens with zero attached hydrogens (tertiary/aromatic N) is 3. The van der Waals surface area contributed by atoms with Crippen molar-refractivity contribution in [2.24, 2.45) is 5.92 Å². The van der Waals surface area contributed by atoms with Crippen LogP contribution in [-0.2, 0) is 4.79 Å². The average molecular weight is 234 g/mol. The number of carbonyl (C=O) groups is 1. The van der Waals surface area contributed by atoms with Gasteiger partial charge in [0, 0.05) is 12.4 Å². The molecule has 0 bridgehead atoms. The number of ketones is 1.